The summed E-state index contributed by atoms with van der Waals surface area (Å²) in [6.07, 6.45) is 4.46. The molecule has 6 nitrogen and oxygen atoms in total. The van der Waals surface area contributed by atoms with Gasteiger partial charge in [0, 0.05) is 31.0 Å². The summed E-state index contributed by atoms with van der Waals surface area (Å²) in [7, 11) is 0. The SMILES string of the molecule is O=C(N/N=C\c1ccc(N2CCOCC2)c(F)c1)c1ccncc1. The van der Waals surface area contributed by atoms with Crippen LogP contribution in [0.4, 0.5) is 10.1 Å². The highest BCUT2D eigenvalue weighted by atomic mass is 19.1. The highest BCUT2D eigenvalue weighted by molar-refractivity contribution is 5.94. The Morgan fingerprint density at radius 2 is 2.00 bits per heavy atom. The lowest BCUT2D eigenvalue weighted by atomic mass is 10.2. The Hall–Kier alpha value is -2.80. The molecule has 2 heterocycles. The van der Waals surface area contributed by atoms with E-state index in [-0.39, 0.29) is 11.7 Å². The van der Waals surface area contributed by atoms with Gasteiger partial charge in [0.15, 0.2) is 0 Å². The number of carbonyl (C=O) groups excluding carboxylic acids is 1. The molecular weight excluding hydrogens is 311 g/mol. The number of nitrogens with zero attached hydrogens (tertiary/aromatic N) is 3. The van der Waals surface area contributed by atoms with Crippen molar-refractivity contribution in [3.05, 3.63) is 59.7 Å². The van der Waals surface area contributed by atoms with Crippen molar-refractivity contribution >= 4 is 17.8 Å². The Balaban J connectivity index is 1.63. The number of aromatic nitrogens is 1. The maximum atomic E-state index is 14.2. The summed E-state index contributed by atoms with van der Waals surface area (Å²) in [6.45, 7) is 2.55. The van der Waals surface area contributed by atoms with E-state index < -0.39 is 0 Å². The van der Waals surface area contributed by atoms with Crippen molar-refractivity contribution in [1.29, 1.82) is 0 Å². The second-order valence-electron chi connectivity index (χ2n) is 5.25. The molecule has 0 saturated carbocycles. The second kappa shape index (κ2) is 7.65. The molecule has 0 radical (unpaired) electrons. The number of halogens is 1. The van der Waals surface area contributed by atoms with Crippen LogP contribution in [0, 0.1) is 5.82 Å². The first kappa shape index (κ1) is 16.1. The topological polar surface area (TPSA) is 66.8 Å². The number of hydrogen-bond acceptors (Lipinski definition) is 5. The number of pyridine rings is 1. The third-order valence-electron chi connectivity index (χ3n) is 3.65. The Kier molecular flexibility index (Phi) is 5.12. The molecule has 0 spiro atoms. The number of rotatable bonds is 4. The van der Waals surface area contributed by atoms with Crippen LogP contribution in [0.2, 0.25) is 0 Å². The average Bonchev–Trinajstić information content (AvgIpc) is 2.63. The fourth-order valence-corrected chi connectivity index (χ4v) is 2.40. The van der Waals surface area contributed by atoms with Crippen molar-refractivity contribution in [1.82, 2.24) is 10.4 Å². The van der Waals surface area contributed by atoms with Gasteiger partial charge in [0.25, 0.3) is 5.91 Å². The van der Waals surface area contributed by atoms with Gasteiger partial charge in [-0.05, 0) is 29.8 Å². The first-order valence-corrected chi connectivity index (χ1v) is 7.60. The summed E-state index contributed by atoms with van der Waals surface area (Å²) in [5.74, 6) is -0.666. The largest absolute Gasteiger partial charge is 0.378 e. The molecule has 0 bridgehead atoms. The first-order chi connectivity index (χ1) is 11.7. The summed E-state index contributed by atoms with van der Waals surface area (Å²) >= 11 is 0. The summed E-state index contributed by atoms with van der Waals surface area (Å²) in [5.41, 5.74) is 3.97. The van der Waals surface area contributed by atoms with Gasteiger partial charge < -0.3 is 9.64 Å². The molecular formula is C17H17FN4O2. The molecule has 0 unspecified atom stereocenters. The van der Waals surface area contributed by atoms with E-state index in [0.717, 1.165) is 0 Å². The van der Waals surface area contributed by atoms with Crippen LogP contribution in [0.3, 0.4) is 0 Å². The summed E-state index contributed by atoms with van der Waals surface area (Å²) in [5, 5.41) is 3.86. The fraction of sp³-hybridized carbons (Fsp3) is 0.235. The van der Waals surface area contributed by atoms with E-state index in [4.69, 9.17) is 4.74 Å². The lowest BCUT2D eigenvalue weighted by Gasteiger charge is -2.29. The van der Waals surface area contributed by atoms with Crippen molar-refractivity contribution in [2.24, 2.45) is 5.10 Å². The Morgan fingerprint density at radius 3 is 2.71 bits per heavy atom. The lowest BCUT2D eigenvalue weighted by molar-refractivity contribution is 0.0955. The highest BCUT2D eigenvalue weighted by Gasteiger charge is 2.14. The average molecular weight is 328 g/mol. The monoisotopic (exact) mass is 328 g/mol. The van der Waals surface area contributed by atoms with E-state index >= 15 is 0 Å². The molecule has 0 aliphatic carbocycles. The maximum Gasteiger partial charge on any atom is 0.271 e. The zero-order valence-corrected chi connectivity index (χ0v) is 13.0. The Bertz CT molecular complexity index is 731. The molecule has 2 aromatic rings. The number of hydrazone groups is 1. The standard InChI is InChI=1S/C17H17FN4O2/c18-15-11-13(1-2-16(15)22-7-9-24-10-8-22)12-20-21-17(23)14-3-5-19-6-4-14/h1-6,11-12H,7-10H2,(H,21,23)/b20-12-. The summed E-state index contributed by atoms with van der Waals surface area (Å²) in [6, 6.07) is 8.04. The van der Waals surface area contributed by atoms with Crippen molar-refractivity contribution in [3.8, 4) is 0 Å². The van der Waals surface area contributed by atoms with Crippen LogP contribution < -0.4 is 10.3 Å². The van der Waals surface area contributed by atoms with Gasteiger partial charge >= 0.3 is 0 Å². The molecule has 124 valence electrons. The van der Waals surface area contributed by atoms with Crippen molar-refractivity contribution in [2.75, 3.05) is 31.2 Å². The lowest BCUT2D eigenvalue weighted by Crippen LogP contribution is -2.36. The minimum absolute atomic E-state index is 0.318. The van der Waals surface area contributed by atoms with E-state index in [2.05, 4.69) is 15.5 Å². The van der Waals surface area contributed by atoms with E-state index in [1.54, 1.807) is 24.3 Å². The van der Waals surface area contributed by atoms with Gasteiger partial charge in [-0.3, -0.25) is 9.78 Å². The Labute approximate surface area is 139 Å². The van der Waals surface area contributed by atoms with Crippen LogP contribution in [0.25, 0.3) is 0 Å². The number of nitrogens with one attached hydrogen (secondary N) is 1. The number of amides is 1. The molecule has 0 atom stereocenters. The quantitative estimate of drug-likeness (QED) is 0.687. The van der Waals surface area contributed by atoms with Gasteiger partial charge in [-0.15, -0.1) is 0 Å². The van der Waals surface area contributed by atoms with E-state index in [1.807, 2.05) is 4.90 Å². The number of anilines is 1. The number of hydrogen-bond donors (Lipinski definition) is 1. The third-order valence-corrected chi connectivity index (χ3v) is 3.65. The van der Waals surface area contributed by atoms with Gasteiger partial charge in [0.05, 0.1) is 25.1 Å². The van der Waals surface area contributed by atoms with Crippen LogP contribution in [-0.4, -0.2) is 43.4 Å². The molecule has 1 aromatic heterocycles. The minimum atomic E-state index is -0.348. The van der Waals surface area contributed by atoms with Crippen molar-refractivity contribution in [2.45, 2.75) is 0 Å². The summed E-state index contributed by atoms with van der Waals surface area (Å²) < 4.78 is 19.5. The van der Waals surface area contributed by atoms with Gasteiger partial charge in [-0.25, -0.2) is 9.82 Å². The molecule has 24 heavy (non-hydrogen) atoms. The normalized spacial score (nSPS) is 14.8. The Morgan fingerprint density at radius 1 is 1.25 bits per heavy atom. The molecule has 1 aliphatic rings. The predicted octanol–water partition coefficient (Wildman–Crippen LogP) is 1.82. The zero-order chi connectivity index (χ0) is 16.8. The van der Waals surface area contributed by atoms with Crippen LogP contribution in [0.5, 0.6) is 0 Å². The summed E-state index contributed by atoms with van der Waals surface area (Å²) in [4.78, 5) is 17.6. The first-order valence-electron chi connectivity index (χ1n) is 7.60. The van der Waals surface area contributed by atoms with Crippen molar-refractivity contribution < 1.29 is 13.9 Å². The van der Waals surface area contributed by atoms with Crippen LogP contribution in [0.1, 0.15) is 15.9 Å². The number of benzene rings is 1. The molecule has 1 aromatic carbocycles. The van der Waals surface area contributed by atoms with Crippen LogP contribution >= 0.6 is 0 Å². The number of carbonyl (C=O) groups is 1. The zero-order valence-electron chi connectivity index (χ0n) is 13.0. The van der Waals surface area contributed by atoms with Gasteiger partial charge in [-0.1, -0.05) is 6.07 Å². The molecule has 1 amide bonds. The molecule has 7 heteroatoms. The fourth-order valence-electron chi connectivity index (χ4n) is 2.40. The van der Waals surface area contributed by atoms with Crippen molar-refractivity contribution in [3.63, 3.8) is 0 Å². The van der Waals surface area contributed by atoms with Crippen LogP contribution in [0.15, 0.2) is 47.8 Å². The molecule has 1 aliphatic heterocycles. The third kappa shape index (κ3) is 3.94. The molecule has 3 rings (SSSR count). The van der Waals surface area contributed by atoms with Gasteiger partial charge in [0.2, 0.25) is 0 Å². The number of ether oxygens (including phenoxy) is 1. The second-order valence-corrected chi connectivity index (χ2v) is 5.25. The predicted molar refractivity (Wildman–Crippen MR) is 88.7 cm³/mol. The number of morpholine rings is 1. The highest BCUT2D eigenvalue weighted by Crippen LogP contribution is 2.21. The van der Waals surface area contributed by atoms with Crippen LogP contribution in [-0.2, 0) is 4.74 Å². The minimum Gasteiger partial charge on any atom is -0.378 e. The molecule has 1 N–H and O–H groups in total. The smallest absolute Gasteiger partial charge is 0.271 e. The van der Waals surface area contributed by atoms with E-state index in [0.29, 0.717) is 43.1 Å². The maximum absolute atomic E-state index is 14.2. The van der Waals surface area contributed by atoms with Gasteiger partial charge in [-0.2, -0.15) is 5.10 Å². The van der Waals surface area contributed by atoms with E-state index in [1.165, 1.54) is 24.7 Å². The molecule has 1 fully saturated rings. The van der Waals surface area contributed by atoms with E-state index in [9.17, 15) is 9.18 Å². The van der Waals surface area contributed by atoms with Gasteiger partial charge in [0.1, 0.15) is 5.82 Å². The molecule has 1 saturated heterocycles.